The Morgan fingerprint density at radius 3 is 2.58 bits per heavy atom. The number of hydrogen-bond acceptors (Lipinski definition) is 6. The summed E-state index contributed by atoms with van der Waals surface area (Å²) in [6.45, 7) is 1.70. The number of benzene rings is 1. The first-order valence-corrected chi connectivity index (χ1v) is 9.48. The summed E-state index contributed by atoms with van der Waals surface area (Å²) >= 11 is 0. The molecule has 1 aliphatic carbocycles. The molecule has 0 saturated heterocycles. The molecule has 1 N–H and O–H groups in total. The van der Waals surface area contributed by atoms with Crippen molar-refractivity contribution in [3.63, 3.8) is 0 Å². The molecule has 166 valence electrons. The minimum Gasteiger partial charge on any atom is -0.493 e. The van der Waals surface area contributed by atoms with Gasteiger partial charge >= 0.3 is 6.36 Å². The van der Waals surface area contributed by atoms with Gasteiger partial charge in [-0.15, -0.1) is 13.2 Å². The van der Waals surface area contributed by atoms with Crippen LogP contribution in [0.25, 0.3) is 0 Å². The molecule has 7 nitrogen and oxygen atoms in total. The molecule has 0 bridgehead atoms. The number of alkyl halides is 3. The van der Waals surface area contributed by atoms with Crippen LogP contribution >= 0.6 is 0 Å². The number of carbonyl (C=O) groups is 2. The molecule has 0 aliphatic heterocycles. The number of aromatic nitrogens is 2. The Kier molecular flexibility index (Phi) is 6.71. The molecule has 1 fully saturated rings. The van der Waals surface area contributed by atoms with Crippen LogP contribution in [0.5, 0.6) is 11.5 Å². The van der Waals surface area contributed by atoms with Crippen LogP contribution < -0.4 is 14.8 Å². The van der Waals surface area contributed by atoms with Crippen LogP contribution in [0.2, 0.25) is 0 Å². The van der Waals surface area contributed by atoms with Crippen molar-refractivity contribution in [3.8, 4) is 11.5 Å². The highest BCUT2D eigenvalue weighted by Gasteiger charge is 2.32. The summed E-state index contributed by atoms with van der Waals surface area (Å²) in [5.74, 6) is -2.59. The molecule has 1 amide bonds. The van der Waals surface area contributed by atoms with Crippen LogP contribution in [0.3, 0.4) is 0 Å². The van der Waals surface area contributed by atoms with Gasteiger partial charge in [-0.3, -0.25) is 14.9 Å². The van der Waals surface area contributed by atoms with Gasteiger partial charge < -0.3 is 9.47 Å². The van der Waals surface area contributed by atoms with Gasteiger partial charge in [-0.2, -0.15) is 0 Å². The van der Waals surface area contributed by atoms with E-state index in [4.69, 9.17) is 4.74 Å². The largest absolute Gasteiger partial charge is 0.573 e. The van der Waals surface area contributed by atoms with Crippen LogP contribution in [0.1, 0.15) is 41.9 Å². The predicted octanol–water partition coefficient (Wildman–Crippen LogP) is 4.21. The van der Waals surface area contributed by atoms with Crippen LogP contribution in [0.15, 0.2) is 24.3 Å². The number of carbonyl (C=O) groups excluding carboxylic acids is 2. The van der Waals surface area contributed by atoms with Gasteiger partial charge in [0.15, 0.2) is 17.3 Å². The van der Waals surface area contributed by atoms with E-state index in [1.807, 2.05) is 0 Å². The standard InChI is InChI=1S/C20H19F4N3O4/c1-11-9-15(26-19(25-11)27-18(29)12-4-5-12)16(28)3-2-8-30-13-6-7-17(14(21)10-13)31-20(22,23)24/h6-7,9-10,12H,2-5,8H2,1H3,(H,25,26,27,29). The fourth-order valence-electron chi connectivity index (χ4n) is 2.65. The molecule has 11 heteroatoms. The lowest BCUT2D eigenvalue weighted by atomic mass is 10.1. The lowest BCUT2D eigenvalue weighted by Crippen LogP contribution is -2.18. The Labute approximate surface area is 174 Å². The molecular formula is C20H19F4N3O4. The Hall–Kier alpha value is -3.24. The molecule has 0 spiro atoms. The van der Waals surface area contributed by atoms with Gasteiger partial charge in [0.1, 0.15) is 11.4 Å². The maximum absolute atomic E-state index is 13.7. The fourth-order valence-corrected chi connectivity index (χ4v) is 2.65. The number of nitrogens with one attached hydrogen (secondary N) is 1. The minimum absolute atomic E-state index is 0.00225. The van der Waals surface area contributed by atoms with Gasteiger partial charge in [-0.05, 0) is 44.4 Å². The number of halogens is 4. The Bertz CT molecular complexity index is 977. The summed E-state index contributed by atoms with van der Waals surface area (Å²) in [7, 11) is 0. The minimum atomic E-state index is -5.00. The van der Waals surface area contributed by atoms with Crippen LogP contribution in [-0.2, 0) is 4.79 Å². The van der Waals surface area contributed by atoms with Crippen molar-refractivity contribution in [1.29, 1.82) is 0 Å². The maximum atomic E-state index is 13.7. The lowest BCUT2D eigenvalue weighted by Gasteiger charge is -2.11. The molecule has 1 saturated carbocycles. The summed E-state index contributed by atoms with van der Waals surface area (Å²) in [5.41, 5.74) is 0.677. The van der Waals surface area contributed by atoms with Gasteiger partial charge in [0.05, 0.1) is 6.61 Å². The Balaban J connectivity index is 1.49. The number of nitrogens with zero attached hydrogens (tertiary/aromatic N) is 2. The highest BCUT2D eigenvalue weighted by atomic mass is 19.4. The lowest BCUT2D eigenvalue weighted by molar-refractivity contribution is -0.275. The third-order valence-corrected chi connectivity index (χ3v) is 4.27. The van der Waals surface area contributed by atoms with Crippen LogP contribution in [0.4, 0.5) is 23.5 Å². The number of ketones is 1. The van der Waals surface area contributed by atoms with E-state index in [2.05, 4.69) is 20.0 Å². The van der Waals surface area contributed by atoms with Crippen molar-refractivity contribution in [2.24, 2.45) is 5.92 Å². The molecule has 3 rings (SSSR count). The van der Waals surface area contributed by atoms with E-state index in [0.717, 1.165) is 31.0 Å². The average molecular weight is 441 g/mol. The van der Waals surface area contributed by atoms with Gasteiger partial charge in [0, 0.05) is 24.1 Å². The van der Waals surface area contributed by atoms with Crippen LogP contribution in [-0.4, -0.2) is 34.6 Å². The average Bonchev–Trinajstić information content (AvgIpc) is 3.51. The zero-order chi connectivity index (χ0) is 22.6. The van der Waals surface area contributed by atoms with Crippen molar-refractivity contribution < 1.29 is 36.6 Å². The van der Waals surface area contributed by atoms with Gasteiger partial charge in [-0.25, -0.2) is 14.4 Å². The first-order chi connectivity index (χ1) is 14.6. The molecule has 0 unspecified atom stereocenters. The van der Waals surface area contributed by atoms with E-state index in [1.54, 1.807) is 6.92 Å². The molecule has 31 heavy (non-hydrogen) atoms. The number of aryl methyl sites for hydroxylation is 1. The zero-order valence-corrected chi connectivity index (χ0v) is 16.5. The third-order valence-electron chi connectivity index (χ3n) is 4.27. The monoisotopic (exact) mass is 441 g/mol. The number of Topliss-reactive ketones (excluding diaryl/α,β-unsaturated/α-hetero) is 1. The van der Waals surface area contributed by atoms with E-state index in [9.17, 15) is 27.2 Å². The number of anilines is 1. The smallest absolute Gasteiger partial charge is 0.493 e. The van der Waals surface area contributed by atoms with Crippen molar-refractivity contribution in [2.45, 2.75) is 39.0 Å². The second kappa shape index (κ2) is 9.27. The fraction of sp³-hybridized carbons (Fsp3) is 0.400. The highest BCUT2D eigenvalue weighted by Crippen LogP contribution is 2.30. The summed E-state index contributed by atoms with van der Waals surface area (Å²) in [4.78, 5) is 32.4. The summed E-state index contributed by atoms with van der Waals surface area (Å²) in [6, 6.07) is 4.22. The number of amides is 1. The number of ether oxygens (including phenoxy) is 2. The van der Waals surface area contributed by atoms with E-state index >= 15 is 0 Å². The van der Waals surface area contributed by atoms with E-state index in [0.29, 0.717) is 5.69 Å². The maximum Gasteiger partial charge on any atom is 0.573 e. The highest BCUT2D eigenvalue weighted by molar-refractivity contribution is 5.96. The Morgan fingerprint density at radius 2 is 1.94 bits per heavy atom. The Morgan fingerprint density at radius 1 is 1.19 bits per heavy atom. The van der Waals surface area contributed by atoms with E-state index in [-0.39, 0.29) is 54.4 Å². The number of rotatable bonds is 9. The van der Waals surface area contributed by atoms with Crippen LogP contribution in [0, 0.1) is 18.7 Å². The van der Waals surface area contributed by atoms with E-state index < -0.39 is 17.9 Å². The molecule has 0 radical (unpaired) electrons. The second-order valence-electron chi connectivity index (χ2n) is 7.00. The molecular weight excluding hydrogens is 422 g/mol. The number of hydrogen-bond donors (Lipinski definition) is 1. The zero-order valence-electron chi connectivity index (χ0n) is 16.5. The summed E-state index contributed by atoms with van der Waals surface area (Å²) in [6.07, 6.45) is -3.03. The van der Waals surface area contributed by atoms with Crippen molar-refractivity contribution in [2.75, 3.05) is 11.9 Å². The molecule has 0 atom stereocenters. The van der Waals surface area contributed by atoms with E-state index in [1.165, 1.54) is 6.07 Å². The first-order valence-electron chi connectivity index (χ1n) is 9.48. The van der Waals surface area contributed by atoms with Gasteiger partial charge in [0.25, 0.3) is 0 Å². The van der Waals surface area contributed by atoms with Gasteiger partial charge in [0.2, 0.25) is 11.9 Å². The molecule has 1 aliphatic rings. The first kappa shape index (κ1) is 22.4. The summed E-state index contributed by atoms with van der Waals surface area (Å²) < 4.78 is 58.9. The quantitative estimate of drug-likeness (QED) is 0.356. The molecule has 1 aromatic heterocycles. The van der Waals surface area contributed by atoms with Crippen molar-refractivity contribution >= 4 is 17.6 Å². The molecule has 1 heterocycles. The second-order valence-corrected chi connectivity index (χ2v) is 7.00. The van der Waals surface area contributed by atoms with Crippen molar-refractivity contribution in [3.05, 3.63) is 41.5 Å². The predicted molar refractivity (Wildman–Crippen MR) is 100 cm³/mol. The summed E-state index contributed by atoms with van der Waals surface area (Å²) in [5, 5.41) is 2.60. The van der Waals surface area contributed by atoms with Crippen molar-refractivity contribution in [1.82, 2.24) is 9.97 Å². The van der Waals surface area contributed by atoms with Gasteiger partial charge in [-0.1, -0.05) is 0 Å². The topological polar surface area (TPSA) is 90.4 Å². The molecule has 1 aromatic carbocycles. The third kappa shape index (κ3) is 6.90. The normalized spacial score (nSPS) is 13.6. The molecule has 2 aromatic rings. The SMILES string of the molecule is Cc1cc(C(=O)CCCOc2ccc(OC(F)(F)F)c(F)c2)nc(NC(=O)C2CC2)n1.